The Hall–Kier alpha value is -2.45. The second-order valence-corrected chi connectivity index (χ2v) is 4.17. The second-order valence-electron chi connectivity index (χ2n) is 4.17. The number of aryl methyl sites for hydroxylation is 1. The predicted octanol–water partition coefficient (Wildman–Crippen LogP) is 3.18. The van der Waals surface area contributed by atoms with E-state index in [2.05, 4.69) is 5.10 Å². The molecule has 0 bridgehead atoms. The van der Waals surface area contributed by atoms with Crippen LogP contribution in [-0.4, -0.2) is 20.9 Å². The fraction of sp³-hybridized carbons (Fsp3) is 0.167. The highest BCUT2D eigenvalue weighted by molar-refractivity contribution is 5.87. The number of benzene rings is 1. The third-order valence-corrected chi connectivity index (χ3v) is 2.65. The molecule has 1 aromatic heterocycles. The van der Waals surface area contributed by atoms with Gasteiger partial charge in [-0.1, -0.05) is 0 Å². The van der Waals surface area contributed by atoms with Crippen molar-refractivity contribution in [3.05, 3.63) is 46.8 Å². The number of halogens is 5. The molecule has 0 fully saturated rings. The Morgan fingerprint density at radius 3 is 2.10 bits per heavy atom. The molecule has 1 heterocycles. The van der Waals surface area contributed by atoms with Crippen LogP contribution in [0, 0.1) is 18.6 Å². The zero-order valence-corrected chi connectivity index (χ0v) is 10.4. The van der Waals surface area contributed by atoms with Crippen molar-refractivity contribution in [2.75, 3.05) is 0 Å². The summed E-state index contributed by atoms with van der Waals surface area (Å²) in [4.78, 5) is 10.7. The highest BCUT2D eigenvalue weighted by atomic mass is 19.4. The van der Waals surface area contributed by atoms with Crippen LogP contribution >= 0.6 is 0 Å². The van der Waals surface area contributed by atoms with Crippen LogP contribution < -0.4 is 0 Å². The molecule has 0 spiro atoms. The van der Waals surface area contributed by atoms with Gasteiger partial charge in [-0.25, -0.2) is 18.3 Å². The largest absolute Gasteiger partial charge is 0.478 e. The summed E-state index contributed by atoms with van der Waals surface area (Å²) < 4.78 is 65.6. The molecular weight excluding hydrogens is 299 g/mol. The zero-order chi connectivity index (χ0) is 15.9. The van der Waals surface area contributed by atoms with E-state index in [1.54, 1.807) is 0 Å². The number of carboxylic acid groups (broad SMARTS) is 1. The first-order valence-corrected chi connectivity index (χ1v) is 5.48. The lowest BCUT2D eigenvalue weighted by atomic mass is 10.2. The Morgan fingerprint density at radius 1 is 1.19 bits per heavy atom. The van der Waals surface area contributed by atoms with Crippen LogP contribution in [0.1, 0.15) is 21.7 Å². The second kappa shape index (κ2) is 4.83. The first kappa shape index (κ1) is 14.9. The first-order chi connectivity index (χ1) is 9.61. The predicted molar refractivity (Wildman–Crippen MR) is 60.2 cm³/mol. The summed E-state index contributed by atoms with van der Waals surface area (Å²) in [7, 11) is 0. The van der Waals surface area contributed by atoms with Crippen molar-refractivity contribution >= 4 is 5.97 Å². The minimum Gasteiger partial charge on any atom is -0.478 e. The summed E-state index contributed by atoms with van der Waals surface area (Å²) in [6.45, 7) is 1.19. The molecule has 1 N–H and O–H groups in total. The minimum absolute atomic E-state index is 0.150. The fourth-order valence-corrected chi connectivity index (χ4v) is 1.73. The molecule has 9 heteroatoms. The lowest BCUT2D eigenvalue weighted by Crippen LogP contribution is -2.10. The molecule has 0 amide bonds. The number of nitrogens with zero attached hydrogens (tertiary/aromatic N) is 2. The highest BCUT2D eigenvalue weighted by Crippen LogP contribution is 2.30. The molecule has 0 unspecified atom stereocenters. The maximum atomic E-state index is 13.8. The number of carbonyl (C=O) groups is 1. The average molecular weight is 306 g/mol. The standard InChI is InChI=1S/C12H7F5N2O2/c1-5-2-9(12(15,16)17)18-19(5)10-7(13)3-6(11(20)21)4-8(10)14/h2-4H,1H3,(H,20,21). The van der Waals surface area contributed by atoms with E-state index in [0.717, 1.165) is 0 Å². The SMILES string of the molecule is Cc1cc(C(F)(F)F)nn1-c1c(F)cc(C(=O)O)cc1F. The smallest absolute Gasteiger partial charge is 0.435 e. The molecule has 2 aromatic rings. The maximum Gasteiger partial charge on any atom is 0.435 e. The van der Waals surface area contributed by atoms with Gasteiger partial charge in [0.2, 0.25) is 0 Å². The van der Waals surface area contributed by atoms with Crippen LogP contribution in [0.3, 0.4) is 0 Å². The van der Waals surface area contributed by atoms with Crippen molar-refractivity contribution in [2.24, 2.45) is 0 Å². The Balaban J connectivity index is 2.63. The number of alkyl halides is 3. The maximum absolute atomic E-state index is 13.8. The molecule has 4 nitrogen and oxygen atoms in total. The Kier molecular flexibility index (Phi) is 3.44. The van der Waals surface area contributed by atoms with E-state index < -0.39 is 40.7 Å². The van der Waals surface area contributed by atoms with Gasteiger partial charge in [0.05, 0.1) is 5.56 Å². The molecule has 0 aliphatic rings. The van der Waals surface area contributed by atoms with Crippen molar-refractivity contribution in [2.45, 2.75) is 13.1 Å². The van der Waals surface area contributed by atoms with E-state index in [0.29, 0.717) is 22.9 Å². The number of rotatable bonds is 2. The van der Waals surface area contributed by atoms with Gasteiger partial charge in [0, 0.05) is 5.69 Å². The summed E-state index contributed by atoms with van der Waals surface area (Å²) in [5.74, 6) is -4.22. The summed E-state index contributed by atoms with van der Waals surface area (Å²) in [6.07, 6.45) is -4.76. The molecule has 1 aromatic carbocycles. The molecule has 0 atom stereocenters. The quantitative estimate of drug-likeness (QED) is 0.867. The molecular formula is C12H7F5N2O2. The number of carboxylic acids is 1. The summed E-state index contributed by atoms with van der Waals surface area (Å²) in [5.41, 5.74) is -2.98. The third kappa shape index (κ3) is 2.71. The van der Waals surface area contributed by atoms with Crippen molar-refractivity contribution in [3.8, 4) is 5.69 Å². The Labute approximate surface area is 114 Å². The molecule has 0 saturated heterocycles. The van der Waals surface area contributed by atoms with E-state index in [9.17, 15) is 26.7 Å². The van der Waals surface area contributed by atoms with Crippen molar-refractivity contribution < 1.29 is 31.9 Å². The van der Waals surface area contributed by atoms with Crippen LogP contribution in [0.5, 0.6) is 0 Å². The van der Waals surface area contributed by atoms with Crippen molar-refractivity contribution in [1.29, 1.82) is 0 Å². The third-order valence-electron chi connectivity index (χ3n) is 2.65. The average Bonchev–Trinajstić information content (AvgIpc) is 2.70. The minimum atomic E-state index is -4.76. The molecule has 2 rings (SSSR count). The number of hydrogen-bond acceptors (Lipinski definition) is 2. The Bertz CT molecular complexity index is 698. The highest BCUT2D eigenvalue weighted by Gasteiger charge is 2.35. The van der Waals surface area contributed by atoms with Gasteiger partial charge in [-0.15, -0.1) is 0 Å². The molecule has 0 radical (unpaired) electrons. The fourth-order valence-electron chi connectivity index (χ4n) is 1.73. The van der Waals surface area contributed by atoms with Crippen LogP contribution in [0.15, 0.2) is 18.2 Å². The van der Waals surface area contributed by atoms with Gasteiger partial charge in [0.1, 0.15) is 5.69 Å². The van der Waals surface area contributed by atoms with Gasteiger partial charge in [-0.05, 0) is 25.1 Å². The van der Waals surface area contributed by atoms with Gasteiger partial charge in [0.25, 0.3) is 0 Å². The van der Waals surface area contributed by atoms with Crippen LogP contribution in [0.4, 0.5) is 22.0 Å². The van der Waals surface area contributed by atoms with Gasteiger partial charge in [-0.2, -0.15) is 18.3 Å². The van der Waals surface area contributed by atoms with E-state index in [-0.39, 0.29) is 5.69 Å². The summed E-state index contributed by atoms with van der Waals surface area (Å²) in [5, 5.41) is 11.8. The van der Waals surface area contributed by atoms with Crippen LogP contribution in [-0.2, 0) is 6.18 Å². The molecule has 0 aliphatic heterocycles. The van der Waals surface area contributed by atoms with E-state index in [4.69, 9.17) is 5.11 Å². The lowest BCUT2D eigenvalue weighted by Gasteiger charge is -2.08. The van der Waals surface area contributed by atoms with Gasteiger partial charge in [0.15, 0.2) is 17.3 Å². The monoisotopic (exact) mass is 306 g/mol. The topological polar surface area (TPSA) is 55.1 Å². The summed E-state index contributed by atoms with van der Waals surface area (Å²) in [6, 6.07) is 1.65. The van der Waals surface area contributed by atoms with Crippen LogP contribution in [0.2, 0.25) is 0 Å². The number of aromatic carboxylic acids is 1. The van der Waals surface area contributed by atoms with Crippen molar-refractivity contribution in [1.82, 2.24) is 9.78 Å². The molecule has 21 heavy (non-hydrogen) atoms. The van der Waals surface area contributed by atoms with E-state index in [1.165, 1.54) is 6.92 Å². The number of hydrogen-bond donors (Lipinski definition) is 1. The number of aromatic nitrogens is 2. The molecule has 0 aliphatic carbocycles. The van der Waals surface area contributed by atoms with Crippen molar-refractivity contribution in [3.63, 3.8) is 0 Å². The van der Waals surface area contributed by atoms with Crippen LogP contribution in [0.25, 0.3) is 5.69 Å². The zero-order valence-electron chi connectivity index (χ0n) is 10.4. The van der Waals surface area contributed by atoms with E-state index in [1.807, 2.05) is 0 Å². The van der Waals surface area contributed by atoms with Gasteiger partial charge >= 0.3 is 12.1 Å². The first-order valence-electron chi connectivity index (χ1n) is 5.48. The van der Waals surface area contributed by atoms with Gasteiger partial charge < -0.3 is 5.11 Å². The summed E-state index contributed by atoms with van der Waals surface area (Å²) >= 11 is 0. The molecule has 112 valence electrons. The Morgan fingerprint density at radius 2 is 1.71 bits per heavy atom. The van der Waals surface area contributed by atoms with Gasteiger partial charge in [-0.3, -0.25) is 0 Å². The lowest BCUT2D eigenvalue weighted by molar-refractivity contribution is -0.141. The normalized spacial score (nSPS) is 11.7. The molecule has 0 saturated carbocycles. The van der Waals surface area contributed by atoms with E-state index >= 15 is 0 Å².